The molecule has 0 unspecified atom stereocenters. The minimum atomic E-state index is 0. The first-order valence-electron chi connectivity index (χ1n) is 1.91. The summed E-state index contributed by atoms with van der Waals surface area (Å²) < 4.78 is 0. The van der Waals surface area contributed by atoms with E-state index in [1.54, 1.807) is 0 Å². The van der Waals surface area contributed by atoms with Crippen molar-refractivity contribution in [3.8, 4) is 0 Å². The predicted octanol–water partition coefficient (Wildman–Crippen LogP) is -0.248. The first-order valence-corrected chi connectivity index (χ1v) is 3.07. The summed E-state index contributed by atoms with van der Waals surface area (Å²) >= 11 is 0. The lowest BCUT2D eigenvalue weighted by Crippen LogP contribution is -1.76. The van der Waals surface area contributed by atoms with Gasteiger partial charge in [-0.15, -0.1) is 0 Å². The van der Waals surface area contributed by atoms with Crippen LogP contribution in [-0.4, -0.2) is 20.3 Å². The van der Waals surface area contributed by atoms with Gasteiger partial charge in [0.2, 0.25) is 0 Å². The second kappa shape index (κ2) is 3.71. The van der Waals surface area contributed by atoms with Crippen molar-refractivity contribution in [2.45, 2.75) is 0 Å². The molecule has 0 spiro atoms. The maximum atomic E-state index is 2.15. The van der Waals surface area contributed by atoms with Crippen LogP contribution in [0.3, 0.4) is 0 Å². The van der Waals surface area contributed by atoms with Gasteiger partial charge in [-0.25, -0.2) is 0 Å². The first kappa shape index (κ1) is 6.53. The molecule has 0 atom stereocenters. The second-order valence-corrected chi connectivity index (χ2v) is 2.08. The third kappa shape index (κ3) is 2.25. The zero-order valence-corrected chi connectivity index (χ0v) is 4.89. The lowest BCUT2D eigenvalue weighted by molar-refractivity contribution is 0.824. The van der Waals surface area contributed by atoms with Crippen LogP contribution in [0.2, 0.25) is 0 Å². The second-order valence-electron chi connectivity index (χ2n) is 1.08. The topological polar surface area (TPSA) is 31.5 Å². The molecule has 0 bridgehead atoms. The molecule has 1 aliphatic rings. The van der Waals surface area contributed by atoms with Crippen LogP contribution >= 0.6 is 0 Å². The van der Waals surface area contributed by atoms with Gasteiger partial charge >= 0.3 is 0 Å². The van der Waals surface area contributed by atoms with Crippen molar-refractivity contribution in [2.24, 2.45) is 0 Å². The monoisotopic (exact) mass is 111 g/mol. The third-order valence-electron chi connectivity index (χ3n) is 0.607. The Morgan fingerprint density at radius 3 is 2.00 bits per heavy atom. The Labute approximate surface area is 45.1 Å². The molecule has 1 aliphatic heterocycles. The van der Waals surface area contributed by atoms with E-state index in [1.807, 2.05) is 6.08 Å². The van der Waals surface area contributed by atoms with E-state index in [1.165, 1.54) is 0 Å². The number of rotatable bonds is 0. The van der Waals surface area contributed by atoms with Crippen molar-refractivity contribution in [1.29, 1.82) is 0 Å². The molecule has 0 aliphatic carbocycles. The Morgan fingerprint density at radius 2 is 1.86 bits per heavy atom. The highest BCUT2D eigenvalue weighted by Gasteiger charge is 1.66. The van der Waals surface area contributed by atoms with Crippen molar-refractivity contribution >= 4 is 14.8 Å². The van der Waals surface area contributed by atoms with Gasteiger partial charge in [-0.3, -0.25) is 0 Å². The van der Waals surface area contributed by atoms with Crippen LogP contribution < -0.4 is 0 Å². The van der Waals surface area contributed by atoms with Crippen molar-refractivity contribution in [1.82, 2.24) is 0 Å². The summed E-state index contributed by atoms with van der Waals surface area (Å²) in [5, 5.41) is 0. The molecule has 0 aromatic carbocycles. The molecule has 7 heavy (non-hydrogen) atoms. The Bertz CT molecular complexity index is 77.5. The van der Waals surface area contributed by atoms with Crippen LogP contribution in [0, 0.1) is 0 Å². The van der Waals surface area contributed by atoms with Gasteiger partial charge in [-0.05, 0) is 0 Å². The van der Waals surface area contributed by atoms with Gasteiger partial charge in [0.25, 0.3) is 0 Å². The number of hydrogen-bond acceptors (Lipinski definition) is 0. The summed E-state index contributed by atoms with van der Waals surface area (Å²) in [5.74, 6) is 0. The van der Waals surface area contributed by atoms with Gasteiger partial charge in [-0.1, -0.05) is 29.6 Å². The summed E-state index contributed by atoms with van der Waals surface area (Å²) in [6.07, 6.45) is 6.17. The third-order valence-corrected chi connectivity index (χ3v) is 1.38. The fraction of sp³-hybridized carbons (Fsp3) is 0. The quantitative estimate of drug-likeness (QED) is 0.386. The van der Waals surface area contributed by atoms with E-state index in [4.69, 9.17) is 0 Å². The molecule has 37 valence electrons. The maximum absolute atomic E-state index is 2.15. The Hall–Kier alpha value is -0.473. The lowest BCUT2D eigenvalue weighted by atomic mass is 10.5. The Morgan fingerprint density at radius 1 is 1.00 bits per heavy atom. The van der Waals surface area contributed by atoms with E-state index in [2.05, 4.69) is 23.5 Å². The standard InChI is InChI=1S/C5H5Si.H2O/c1-2-4-6-5-3-1;/h1-5H;1H2. The van der Waals surface area contributed by atoms with Gasteiger partial charge in [-0.2, -0.15) is 0 Å². The fourth-order valence-electron chi connectivity index (χ4n) is 0.342. The zero-order chi connectivity index (χ0) is 4.24. The molecule has 1 nitrogen and oxygen atoms in total. The maximum Gasteiger partial charge on any atom is 0.0505 e. The van der Waals surface area contributed by atoms with Crippen LogP contribution in [-0.2, 0) is 0 Å². The summed E-state index contributed by atoms with van der Waals surface area (Å²) in [5.41, 5.74) is 4.31. The van der Waals surface area contributed by atoms with E-state index in [0.29, 0.717) is 0 Å². The molecule has 1 rings (SSSR count). The van der Waals surface area contributed by atoms with E-state index in [0.717, 1.165) is 9.13 Å². The van der Waals surface area contributed by atoms with Crippen molar-refractivity contribution in [3.05, 3.63) is 23.9 Å². The number of allylic oxidation sites excluding steroid dienone is 3. The highest BCUT2D eigenvalue weighted by molar-refractivity contribution is 6.54. The van der Waals surface area contributed by atoms with Gasteiger partial charge in [0, 0.05) is 0 Å². The van der Waals surface area contributed by atoms with Crippen LogP contribution in [0.4, 0.5) is 0 Å². The molecular weight excluding hydrogens is 104 g/mol. The van der Waals surface area contributed by atoms with Crippen LogP contribution in [0.15, 0.2) is 23.9 Å². The normalized spacial score (nSPS) is 13.7. The van der Waals surface area contributed by atoms with E-state index >= 15 is 0 Å². The van der Waals surface area contributed by atoms with Gasteiger partial charge in [0.05, 0.1) is 9.13 Å². The van der Waals surface area contributed by atoms with E-state index < -0.39 is 0 Å². The molecule has 0 saturated carbocycles. The molecule has 0 aromatic rings. The van der Waals surface area contributed by atoms with Gasteiger partial charge < -0.3 is 5.48 Å². The summed E-state index contributed by atoms with van der Waals surface area (Å²) in [7, 11) is 0.909. The molecular formula is C5H7OSi. The Kier molecular flexibility index (Phi) is 3.46. The van der Waals surface area contributed by atoms with Crippen LogP contribution in [0.1, 0.15) is 0 Å². The average Bonchev–Trinajstić information content (AvgIpc) is 1.72. The molecule has 2 heteroatoms. The molecule has 0 aromatic heterocycles. The summed E-state index contributed by atoms with van der Waals surface area (Å²) in [6.45, 7) is 0. The van der Waals surface area contributed by atoms with Crippen molar-refractivity contribution in [3.63, 3.8) is 0 Å². The summed E-state index contributed by atoms with van der Waals surface area (Å²) in [4.78, 5) is 0. The molecule has 0 amide bonds. The smallest absolute Gasteiger partial charge is 0.0505 e. The minimum absolute atomic E-state index is 0. The van der Waals surface area contributed by atoms with E-state index in [9.17, 15) is 0 Å². The molecule has 0 fully saturated rings. The first-order chi connectivity index (χ1) is 3.00. The molecule has 2 N–H and O–H groups in total. The Balaban J connectivity index is 0.000000360. The molecule has 0 saturated heterocycles. The highest BCUT2D eigenvalue weighted by Crippen LogP contribution is 1.74. The SMILES string of the molecule is C1=CC=[Si]C=C1.O. The highest BCUT2D eigenvalue weighted by atomic mass is 28.2. The molecule has 1 heterocycles. The molecule has 1 radical (unpaired) electrons. The lowest BCUT2D eigenvalue weighted by Gasteiger charge is -1.76. The van der Waals surface area contributed by atoms with Gasteiger partial charge in [0.1, 0.15) is 0 Å². The van der Waals surface area contributed by atoms with Crippen LogP contribution in [0.25, 0.3) is 0 Å². The van der Waals surface area contributed by atoms with Gasteiger partial charge in [0.15, 0.2) is 0 Å². The zero-order valence-electron chi connectivity index (χ0n) is 3.89. The largest absolute Gasteiger partial charge is 0.412 e. The predicted molar refractivity (Wildman–Crippen MR) is 33.7 cm³/mol. The van der Waals surface area contributed by atoms with E-state index in [-0.39, 0.29) is 5.48 Å². The minimum Gasteiger partial charge on any atom is -0.412 e. The van der Waals surface area contributed by atoms with Crippen molar-refractivity contribution in [2.75, 3.05) is 0 Å². The average molecular weight is 111 g/mol. The summed E-state index contributed by atoms with van der Waals surface area (Å²) in [6, 6.07) is 0. The van der Waals surface area contributed by atoms with Crippen LogP contribution in [0.5, 0.6) is 0 Å². The number of hydrogen-bond donors (Lipinski definition) is 0. The fourth-order valence-corrected chi connectivity index (χ4v) is 0.897. The van der Waals surface area contributed by atoms with Crippen molar-refractivity contribution < 1.29 is 5.48 Å².